The van der Waals surface area contributed by atoms with Gasteiger partial charge in [0.1, 0.15) is 0 Å². The van der Waals surface area contributed by atoms with Crippen LogP contribution < -0.4 is 0 Å². The van der Waals surface area contributed by atoms with Gasteiger partial charge in [0.05, 0.1) is 50.3 Å². The second kappa shape index (κ2) is 23.2. The number of aliphatic hydroxyl groups is 2. The van der Waals surface area contributed by atoms with Crippen molar-refractivity contribution in [2.75, 3.05) is 39.6 Å². The van der Waals surface area contributed by atoms with E-state index in [1.807, 2.05) is 39.0 Å². The molecule has 0 saturated carbocycles. The lowest BCUT2D eigenvalue weighted by Gasteiger charge is -2.16. The average Bonchev–Trinajstić information content (AvgIpc) is 2.78. The molecule has 31 heavy (non-hydrogen) atoms. The maximum absolute atomic E-state index is 11.3. The van der Waals surface area contributed by atoms with Gasteiger partial charge < -0.3 is 29.2 Å². The molecule has 0 bridgehead atoms. The van der Waals surface area contributed by atoms with Crippen LogP contribution >= 0.6 is 0 Å². The maximum Gasteiger partial charge on any atom is 0.338 e. The van der Waals surface area contributed by atoms with Crippen LogP contribution in [0.25, 0.3) is 0 Å². The van der Waals surface area contributed by atoms with Crippen molar-refractivity contribution in [2.24, 2.45) is 0 Å². The SMILES string of the molecule is CC(O)COC(C)COC(C)CO.CCCCOC(=O)c1ccccc1.CCOCC. The Bertz CT molecular complexity index is 492. The smallest absolute Gasteiger partial charge is 0.338 e. The summed E-state index contributed by atoms with van der Waals surface area (Å²) in [5.41, 5.74) is 0.624. The van der Waals surface area contributed by atoms with E-state index in [1.165, 1.54) is 0 Å². The minimum atomic E-state index is -0.447. The Balaban J connectivity index is 0. The highest BCUT2D eigenvalue weighted by molar-refractivity contribution is 5.89. The van der Waals surface area contributed by atoms with E-state index in [0.29, 0.717) is 25.4 Å². The zero-order valence-corrected chi connectivity index (χ0v) is 20.2. The molecule has 3 atom stereocenters. The number of carbonyl (C=O) groups is 1. The van der Waals surface area contributed by atoms with Crippen LogP contribution in [-0.2, 0) is 18.9 Å². The van der Waals surface area contributed by atoms with Crippen molar-refractivity contribution in [3.63, 3.8) is 0 Å². The number of unbranched alkanes of at least 4 members (excludes halogenated alkanes) is 1. The van der Waals surface area contributed by atoms with Gasteiger partial charge in [0, 0.05) is 13.2 Å². The Morgan fingerprint density at radius 1 is 0.935 bits per heavy atom. The van der Waals surface area contributed by atoms with E-state index >= 15 is 0 Å². The van der Waals surface area contributed by atoms with Crippen LogP contribution in [0.1, 0.15) is 64.7 Å². The molecule has 1 rings (SSSR count). The van der Waals surface area contributed by atoms with Crippen molar-refractivity contribution in [2.45, 2.75) is 72.7 Å². The quantitative estimate of drug-likeness (QED) is 0.352. The molecular weight excluding hydrogens is 400 g/mol. The second-order valence-corrected chi connectivity index (χ2v) is 6.96. The molecule has 0 saturated heterocycles. The van der Waals surface area contributed by atoms with Gasteiger partial charge >= 0.3 is 5.97 Å². The maximum atomic E-state index is 11.3. The topological polar surface area (TPSA) is 94.5 Å². The van der Waals surface area contributed by atoms with Gasteiger partial charge in [-0.05, 0) is 53.2 Å². The number of hydrogen-bond acceptors (Lipinski definition) is 7. The van der Waals surface area contributed by atoms with E-state index in [2.05, 4.69) is 6.92 Å². The minimum Gasteiger partial charge on any atom is -0.462 e. The van der Waals surface area contributed by atoms with Crippen LogP contribution in [0.2, 0.25) is 0 Å². The second-order valence-electron chi connectivity index (χ2n) is 6.96. The lowest BCUT2D eigenvalue weighted by Crippen LogP contribution is -2.24. The van der Waals surface area contributed by atoms with Gasteiger partial charge in [0.25, 0.3) is 0 Å². The van der Waals surface area contributed by atoms with Crippen LogP contribution in [0.15, 0.2) is 30.3 Å². The largest absolute Gasteiger partial charge is 0.462 e. The van der Waals surface area contributed by atoms with Gasteiger partial charge in [0.2, 0.25) is 0 Å². The molecule has 0 heterocycles. The first-order valence-electron chi connectivity index (χ1n) is 11.1. The van der Waals surface area contributed by atoms with E-state index in [-0.39, 0.29) is 24.8 Å². The Hall–Kier alpha value is -1.51. The highest BCUT2D eigenvalue weighted by atomic mass is 16.5. The standard InChI is InChI=1S/C11H14O2.C9H20O4.C4H10O/c1-2-3-9-13-11(12)10-7-5-4-6-8-10;1-7(11)5-12-9(3)6-13-8(2)4-10;1-3-5-4-2/h4-8H,2-3,9H2,1H3;7-11H,4-6H2,1-3H3;3-4H2,1-2H3. The number of rotatable bonds is 13. The first-order valence-corrected chi connectivity index (χ1v) is 11.1. The number of ether oxygens (including phenoxy) is 4. The lowest BCUT2D eigenvalue weighted by molar-refractivity contribution is -0.0620. The van der Waals surface area contributed by atoms with Crippen LogP contribution in [0.3, 0.4) is 0 Å². The normalized spacial score (nSPS) is 13.0. The van der Waals surface area contributed by atoms with Gasteiger partial charge in [-0.15, -0.1) is 0 Å². The summed E-state index contributed by atoms with van der Waals surface area (Å²) >= 11 is 0. The third-order valence-electron chi connectivity index (χ3n) is 3.64. The summed E-state index contributed by atoms with van der Waals surface area (Å²) in [5.74, 6) is -0.228. The third kappa shape index (κ3) is 23.0. The minimum absolute atomic E-state index is 0.0170. The van der Waals surface area contributed by atoms with E-state index < -0.39 is 6.10 Å². The summed E-state index contributed by atoms with van der Waals surface area (Å²) in [6.07, 6.45) is 1.32. The predicted octanol–water partition coefficient (Wildman–Crippen LogP) is 3.86. The van der Waals surface area contributed by atoms with Crippen molar-refractivity contribution >= 4 is 5.97 Å². The third-order valence-corrected chi connectivity index (χ3v) is 3.64. The molecule has 0 fully saturated rings. The first kappa shape index (κ1) is 31.7. The molecule has 0 amide bonds. The fraction of sp³-hybridized carbons (Fsp3) is 0.708. The average molecular weight is 445 g/mol. The number of carbonyl (C=O) groups excluding carboxylic acids is 1. The molecule has 0 aliphatic carbocycles. The van der Waals surface area contributed by atoms with Gasteiger partial charge in [-0.2, -0.15) is 0 Å². The Kier molecular flexibility index (Phi) is 23.7. The van der Waals surface area contributed by atoms with Crippen molar-refractivity contribution < 1.29 is 34.0 Å². The van der Waals surface area contributed by atoms with Gasteiger partial charge in [-0.1, -0.05) is 31.5 Å². The molecule has 7 nitrogen and oxygen atoms in total. The zero-order valence-electron chi connectivity index (χ0n) is 20.2. The van der Waals surface area contributed by atoms with Gasteiger partial charge in [-0.25, -0.2) is 4.79 Å². The van der Waals surface area contributed by atoms with Crippen molar-refractivity contribution in [1.29, 1.82) is 0 Å². The summed E-state index contributed by atoms with van der Waals surface area (Å²) in [6.45, 7) is 14.4. The highest BCUT2D eigenvalue weighted by Gasteiger charge is 2.07. The molecule has 1 aromatic carbocycles. The lowest BCUT2D eigenvalue weighted by atomic mass is 10.2. The molecular formula is C24H44O7. The number of esters is 1. The van der Waals surface area contributed by atoms with Crippen LogP contribution in [0.5, 0.6) is 0 Å². The number of hydrogen-bond donors (Lipinski definition) is 2. The van der Waals surface area contributed by atoms with Crippen LogP contribution in [-0.4, -0.2) is 74.1 Å². The Morgan fingerprint density at radius 3 is 1.97 bits per heavy atom. The van der Waals surface area contributed by atoms with Crippen LogP contribution in [0, 0.1) is 0 Å². The molecule has 2 N–H and O–H groups in total. The van der Waals surface area contributed by atoms with E-state index in [4.69, 9.17) is 29.2 Å². The Morgan fingerprint density at radius 2 is 1.52 bits per heavy atom. The van der Waals surface area contributed by atoms with Gasteiger partial charge in [0.15, 0.2) is 0 Å². The number of aliphatic hydroxyl groups excluding tert-OH is 2. The van der Waals surface area contributed by atoms with Crippen molar-refractivity contribution in [1.82, 2.24) is 0 Å². The molecule has 0 radical (unpaired) electrons. The molecule has 0 aromatic heterocycles. The molecule has 7 heteroatoms. The molecule has 0 spiro atoms. The summed E-state index contributed by atoms with van der Waals surface area (Å²) in [6, 6.07) is 9.05. The zero-order chi connectivity index (χ0) is 23.9. The molecule has 0 aliphatic rings. The van der Waals surface area contributed by atoms with Gasteiger partial charge in [-0.3, -0.25) is 0 Å². The monoisotopic (exact) mass is 444 g/mol. The van der Waals surface area contributed by atoms with E-state index in [1.54, 1.807) is 26.0 Å². The molecule has 182 valence electrons. The van der Waals surface area contributed by atoms with E-state index in [9.17, 15) is 4.79 Å². The molecule has 1 aromatic rings. The highest BCUT2D eigenvalue weighted by Crippen LogP contribution is 2.01. The summed E-state index contributed by atoms with van der Waals surface area (Å²) in [7, 11) is 0. The predicted molar refractivity (Wildman–Crippen MR) is 123 cm³/mol. The fourth-order valence-electron chi connectivity index (χ4n) is 1.88. The first-order chi connectivity index (χ1) is 14.8. The molecule has 3 unspecified atom stereocenters. The van der Waals surface area contributed by atoms with Crippen molar-refractivity contribution in [3.05, 3.63) is 35.9 Å². The van der Waals surface area contributed by atoms with E-state index in [0.717, 1.165) is 26.1 Å². The Labute approximate surface area is 188 Å². The number of benzene rings is 1. The summed E-state index contributed by atoms with van der Waals surface area (Å²) in [4.78, 5) is 11.3. The fourth-order valence-corrected chi connectivity index (χ4v) is 1.88. The van der Waals surface area contributed by atoms with Crippen LogP contribution in [0.4, 0.5) is 0 Å². The summed E-state index contributed by atoms with van der Waals surface area (Å²) < 4.78 is 20.3. The van der Waals surface area contributed by atoms with Crippen molar-refractivity contribution in [3.8, 4) is 0 Å². The molecule has 0 aliphatic heterocycles. The summed E-state index contributed by atoms with van der Waals surface area (Å²) in [5, 5.41) is 17.6.